The molecule has 0 saturated heterocycles. The molecule has 3 nitrogen and oxygen atoms in total. The minimum absolute atomic E-state index is 0.0443. The van der Waals surface area contributed by atoms with Crippen molar-refractivity contribution in [1.29, 1.82) is 0 Å². The number of ketones is 1. The third-order valence-corrected chi connectivity index (χ3v) is 3.13. The molecule has 108 valence electrons. The van der Waals surface area contributed by atoms with E-state index in [-0.39, 0.29) is 5.78 Å². The molecule has 0 unspecified atom stereocenters. The Hall–Kier alpha value is -2.55. The van der Waals surface area contributed by atoms with Crippen LogP contribution in [-0.4, -0.2) is 12.9 Å². The molecule has 0 N–H and O–H groups in total. The van der Waals surface area contributed by atoms with Gasteiger partial charge in [-0.3, -0.25) is 4.79 Å². The fraction of sp³-hybridized carbons (Fsp3) is 0.167. The van der Waals surface area contributed by atoms with Gasteiger partial charge in [0.1, 0.15) is 17.2 Å². The second kappa shape index (κ2) is 6.27. The Morgan fingerprint density at radius 1 is 1.00 bits per heavy atom. The van der Waals surface area contributed by atoms with Crippen molar-refractivity contribution in [3.05, 3.63) is 60.2 Å². The third kappa shape index (κ3) is 3.31. The molecular formula is C18H18O3. The topological polar surface area (TPSA) is 35.5 Å². The van der Waals surface area contributed by atoms with Crippen molar-refractivity contribution < 1.29 is 14.3 Å². The minimum Gasteiger partial charge on any atom is -0.497 e. The maximum absolute atomic E-state index is 11.9. The average molecular weight is 282 g/mol. The van der Waals surface area contributed by atoms with Crippen LogP contribution in [-0.2, 0) is 0 Å². The van der Waals surface area contributed by atoms with E-state index in [9.17, 15) is 4.79 Å². The van der Waals surface area contributed by atoms with E-state index in [2.05, 4.69) is 6.58 Å². The molecule has 0 radical (unpaired) electrons. The molecule has 0 aliphatic heterocycles. The normalized spacial score (nSPS) is 10.0. The summed E-state index contributed by atoms with van der Waals surface area (Å²) in [6.45, 7) is 7.32. The molecular weight excluding hydrogens is 264 g/mol. The third-order valence-electron chi connectivity index (χ3n) is 3.13. The Bertz CT molecular complexity index is 669. The SMILES string of the molecule is C=C(C)c1cccc(Oc2ccc(OC)cc2)c1C(C)=O. The van der Waals surface area contributed by atoms with Gasteiger partial charge in [-0.2, -0.15) is 0 Å². The van der Waals surface area contributed by atoms with E-state index >= 15 is 0 Å². The summed E-state index contributed by atoms with van der Waals surface area (Å²) in [4.78, 5) is 11.9. The molecule has 21 heavy (non-hydrogen) atoms. The van der Waals surface area contributed by atoms with Gasteiger partial charge in [-0.1, -0.05) is 24.3 Å². The van der Waals surface area contributed by atoms with Crippen molar-refractivity contribution in [2.75, 3.05) is 7.11 Å². The number of ether oxygens (including phenoxy) is 2. The first-order chi connectivity index (χ1) is 10.0. The quantitative estimate of drug-likeness (QED) is 0.744. The van der Waals surface area contributed by atoms with Crippen molar-refractivity contribution in [2.24, 2.45) is 0 Å². The lowest BCUT2D eigenvalue weighted by molar-refractivity contribution is 0.101. The van der Waals surface area contributed by atoms with Crippen LogP contribution < -0.4 is 9.47 Å². The van der Waals surface area contributed by atoms with Crippen LogP contribution in [0, 0.1) is 0 Å². The summed E-state index contributed by atoms with van der Waals surface area (Å²) in [5.74, 6) is 1.90. The van der Waals surface area contributed by atoms with Crippen LogP contribution in [0.2, 0.25) is 0 Å². The molecule has 0 aromatic heterocycles. The molecule has 0 bridgehead atoms. The lowest BCUT2D eigenvalue weighted by atomic mass is 9.98. The number of benzene rings is 2. The molecule has 0 saturated carbocycles. The number of carbonyl (C=O) groups excluding carboxylic acids is 1. The minimum atomic E-state index is -0.0443. The van der Waals surface area contributed by atoms with Gasteiger partial charge in [-0.25, -0.2) is 0 Å². The standard InChI is InChI=1S/C18H18O3/c1-12(2)16-6-5-7-17(18(16)13(3)19)21-15-10-8-14(20-4)9-11-15/h5-11H,1H2,2-4H3. The van der Waals surface area contributed by atoms with Crippen molar-refractivity contribution >= 4 is 11.4 Å². The van der Waals surface area contributed by atoms with Gasteiger partial charge in [-0.05, 0) is 49.7 Å². The fourth-order valence-corrected chi connectivity index (χ4v) is 2.11. The molecule has 0 spiro atoms. The van der Waals surface area contributed by atoms with Crippen LogP contribution in [0.25, 0.3) is 5.57 Å². The van der Waals surface area contributed by atoms with E-state index in [0.717, 1.165) is 16.9 Å². The summed E-state index contributed by atoms with van der Waals surface area (Å²) in [7, 11) is 1.61. The van der Waals surface area contributed by atoms with Crippen LogP contribution in [0.1, 0.15) is 29.8 Å². The predicted molar refractivity (Wildman–Crippen MR) is 84.2 cm³/mol. The number of carbonyl (C=O) groups is 1. The molecule has 0 aliphatic carbocycles. The van der Waals surface area contributed by atoms with Gasteiger partial charge < -0.3 is 9.47 Å². The molecule has 0 aliphatic rings. The van der Waals surface area contributed by atoms with Crippen molar-refractivity contribution in [2.45, 2.75) is 13.8 Å². The van der Waals surface area contributed by atoms with Gasteiger partial charge in [0.25, 0.3) is 0 Å². The molecule has 0 fully saturated rings. The fourth-order valence-electron chi connectivity index (χ4n) is 2.11. The molecule has 2 aromatic rings. The second-order valence-corrected chi connectivity index (χ2v) is 4.79. The Labute approximate surface area is 124 Å². The summed E-state index contributed by atoms with van der Waals surface area (Å²) in [6, 6.07) is 12.7. The predicted octanol–water partition coefficient (Wildman–Crippen LogP) is 4.72. The summed E-state index contributed by atoms with van der Waals surface area (Å²) in [5.41, 5.74) is 2.20. The van der Waals surface area contributed by atoms with Crippen LogP contribution in [0.4, 0.5) is 0 Å². The van der Waals surface area contributed by atoms with Gasteiger partial charge >= 0.3 is 0 Å². The van der Waals surface area contributed by atoms with Crippen molar-refractivity contribution in [1.82, 2.24) is 0 Å². The number of rotatable bonds is 5. The Morgan fingerprint density at radius 2 is 1.62 bits per heavy atom. The molecule has 0 amide bonds. The number of hydrogen-bond acceptors (Lipinski definition) is 3. The van der Waals surface area contributed by atoms with E-state index in [4.69, 9.17) is 9.47 Å². The average Bonchev–Trinajstić information content (AvgIpc) is 2.47. The van der Waals surface area contributed by atoms with E-state index in [1.54, 1.807) is 25.3 Å². The van der Waals surface area contributed by atoms with Gasteiger partial charge in [0.15, 0.2) is 5.78 Å². The first-order valence-corrected chi connectivity index (χ1v) is 6.64. The zero-order chi connectivity index (χ0) is 15.4. The lowest BCUT2D eigenvalue weighted by Gasteiger charge is -2.13. The highest BCUT2D eigenvalue weighted by Crippen LogP contribution is 2.31. The Morgan fingerprint density at radius 3 is 2.14 bits per heavy atom. The Balaban J connectivity index is 2.41. The van der Waals surface area contributed by atoms with Gasteiger partial charge in [-0.15, -0.1) is 0 Å². The number of Topliss-reactive ketones (excluding diaryl/α,β-unsaturated/α-hetero) is 1. The molecule has 2 rings (SSSR count). The molecule has 0 atom stereocenters. The van der Waals surface area contributed by atoms with E-state index in [1.807, 2.05) is 31.2 Å². The van der Waals surface area contributed by atoms with Crippen LogP contribution in [0.3, 0.4) is 0 Å². The zero-order valence-electron chi connectivity index (χ0n) is 12.5. The number of methoxy groups -OCH3 is 1. The first kappa shape index (κ1) is 14.9. The maximum atomic E-state index is 11.9. The van der Waals surface area contributed by atoms with Crippen LogP contribution >= 0.6 is 0 Å². The van der Waals surface area contributed by atoms with E-state index < -0.39 is 0 Å². The summed E-state index contributed by atoms with van der Waals surface area (Å²) in [6.07, 6.45) is 0. The highest BCUT2D eigenvalue weighted by atomic mass is 16.5. The number of hydrogen-bond donors (Lipinski definition) is 0. The monoisotopic (exact) mass is 282 g/mol. The van der Waals surface area contributed by atoms with Crippen LogP contribution in [0.15, 0.2) is 49.0 Å². The van der Waals surface area contributed by atoms with E-state index in [0.29, 0.717) is 17.1 Å². The van der Waals surface area contributed by atoms with Gasteiger partial charge in [0.2, 0.25) is 0 Å². The first-order valence-electron chi connectivity index (χ1n) is 6.64. The van der Waals surface area contributed by atoms with Gasteiger partial charge in [0.05, 0.1) is 12.7 Å². The van der Waals surface area contributed by atoms with E-state index in [1.165, 1.54) is 6.92 Å². The highest BCUT2D eigenvalue weighted by molar-refractivity contribution is 6.01. The zero-order valence-corrected chi connectivity index (χ0v) is 12.5. The van der Waals surface area contributed by atoms with Gasteiger partial charge in [0, 0.05) is 0 Å². The summed E-state index contributed by atoms with van der Waals surface area (Å²) in [5, 5.41) is 0. The Kier molecular flexibility index (Phi) is 4.43. The smallest absolute Gasteiger partial charge is 0.164 e. The largest absolute Gasteiger partial charge is 0.497 e. The maximum Gasteiger partial charge on any atom is 0.164 e. The summed E-state index contributed by atoms with van der Waals surface area (Å²) >= 11 is 0. The number of allylic oxidation sites excluding steroid dienone is 1. The summed E-state index contributed by atoms with van der Waals surface area (Å²) < 4.78 is 11.0. The molecule has 2 aromatic carbocycles. The lowest BCUT2D eigenvalue weighted by Crippen LogP contribution is -2.01. The highest BCUT2D eigenvalue weighted by Gasteiger charge is 2.15. The second-order valence-electron chi connectivity index (χ2n) is 4.79. The molecule has 3 heteroatoms. The molecule has 0 heterocycles. The van der Waals surface area contributed by atoms with Crippen molar-refractivity contribution in [3.8, 4) is 17.2 Å². The van der Waals surface area contributed by atoms with Crippen molar-refractivity contribution in [3.63, 3.8) is 0 Å². The van der Waals surface area contributed by atoms with Crippen LogP contribution in [0.5, 0.6) is 17.2 Å².